The molecular weight excluding hydrogens is 373 g/mol. The predicted octanol–water partition coefficient (Wildman–Crippen LogP) is 3.36. The monoisotopic (exact) mass is 394 g/mol. The van der Waals surface area contributed by atoms with Crippen LogP contribution in [0.4, 0.5) is 4.39 Å². The van der Waals surface area contributed by atoms with E-state index in [0.717, 1.165) is 18.4 Å². The summed E-state index contributed by atoms with van der Waals surface area (Å²) in [6.07, 6.45) is 7.77. The molecule has 0 bridgehead atoms. The van der Waals surface area contributed by atoms with Crippen molar-refractivity contribution in [1.29, 1.82) is 0 Å². The Bertz CT molecular complexity index is 1110. The first-order valence-corrected chi connectivity index (χ1v) is 9.71. The van der Waals surface area contributed by atoms with Gasteiger partial charge < -0.3 is 4.74 Å². The molecule has 2 aliphatic rings. The molecule has 148 valence electrons. The Hall–Kier alpha value is -3.20. The Kier molecular flexibility index (Phi) is 4.31. The van der Waals surface area contributed by atoms with Crippen molar-refractivity contribution in [3.63, 3.8) is 0 Å². The van der Waals surface area contributed by atoms with E-state index in [9.17, 15) is 4.39 Å². The van der Waals surface area contributed by atoms with Gasteiger partial charge in [-0.2, -0.15) is 9.51 Å². The quantitative estimate of drug-likeness (QED) is 0.622. The van der Waals surface area contributed by atoms with Crippen LogP contribution in [0.15, 0.2) is 40.4 Å². The second-order valence-corrected chi connectivity index (χ2v) is 7.64. The average molecular weight is 394 g/mol. The van der Waals surface area contributed by atoms with Crippen LogP contribution in [0.3, 0.4) is 0 Å². The van der Waals surface area contributed by atoms with Gasteiger partial charge in [-0.1, -0.05) is 30.1 Å². The number of halogens is 1. The molecule has 9 heteroatoms. The van der Waals surface area contributed by atoms with Crippen LogP contribution in [-0.2, 0) is 0 Å². The molecule has 0 saturated heterocycles. The molecule has 2 aromatic heterocycles. The van der Waals surface area contributed by atoms with Gasteiger partial charge in [0.25, 0.3) is 6.73 Å². The molecule has 29 heavy (non-hydrogen) atoms. The first kappa shape index (κ1) is 17.9. The van der Waals surface area contributed by atoms with Crippen LogP contribution < -0.4 is 4.74 Å². The minimum Gasteiger partial charge on any atom is -0.423 e. The van der Waals surface area contributed by atoms with Gasteiger partial charge in [-0.05, 0) is 37.0 Å². The molecule has 0 spiro atoms. The number of fused-ring (bicyclic) bond motifs is 1. The number of quaternary nitrogens is 1. The summed E-state index contributed by atoms with van der Waals surface area (Å²) in [6.45, 7) is 0.259. The van der Waals surface area contributed by atoms with Gasteiger partial charge in [0.2, 0.25) is 12.2 Å². The van der Waals surface area contributed by atoms with E-state index in [2.05, 4.69) is 25.4 Å². The largest absolute Gasteiger partial charge is 0.423 e. The van der Waals surface area contributed by atoms with Crippen LogP contribution in [0.1, 0.15) is 37.2 Å². The van der Waals surface area contributed by atoms with Crippen LogP contribution in [0.25, 0.3) is 17.0 Å². The lowest BCUT2D eigenvalue weighted by Gasteiger charge is -2.20. The van der Waals surface area contributed by atoms with Crippen molar-refractivity contribution in [2.24, 2.45) is 10.1 Å². The number of benzene rings is 1. The van der Waals surface area contributed by atoms with Crippen molar-refractivity contribution in [2.75, 3.05) is 13.8 Å². The summed E-state index contributed by atoms with van der Waals surface area (Å²) in [5.74, 6) is 0.863. The Labute approximate surface area is 166 Å². The van der Waals surface area contributed by atoms with E-state index in [1.165, 1.54) is 25.2 Å². The summed E-state index contributed by atoms with van der Waals surface area (Å²) in [6, 6.07) is 8.44. The maximum atomic E-state index is 14.3. The van der Waals surface area contributed by atoms with E-state index in [0.29, 0.717) is 28.8 Å². The summed E-state index contributed by atoms with van der Waals surface area (Å²) >= 11 is 0. The molecule has 1 atom stereocenters. The van der Waals surface area contributed by atoms with Crippen LogP contribution >= 0.6 is 0 Å². The molecule has 1 unspecified atom stereocenters. The van der Waals surface area contributed by atoms with Gasteiger partial charge >= 0.3 is 0 Å². The van der Waals surface area contributed by atoms with Gasteiger partial charge in [0.05, 0.1) is 5.56 Å². The molecule has 8 nitrogen and oxygen atoms in total. The highest BCUT2D eigenvalue weighted by Gasteiger charge is 2.28. The predicted molar refractivity (Wildman–Crippen MR) is 106 cm³/mol. The van der Waals surface area contributed by atoms with Crippen LogP contribution in [0.5, 0.6) is 5.88 Å². The second kappa shape index (κ2) is 7.00. The topological polar surface area (TPSA) is 77.0 Å². The fraction of sp³-hybridized carbons (Fsp3) is 0.350. The molecule has 1 fully saturated rings. The normalized spacial score (nSPS) is 21.4. The molecule has 0 radical (unpaired) electrons. The molecule has 1 saturated carbocycles. The van der Waals surface area contributed by atoms with E-state index >= 15 is 0 Å². The minimum absolute atomic E-state index is 0.187. The number of hydrogen-bond donors (Lipinski definition) is 0. The molecule has 1 aromatic carbocycles. The molecule has 3 aromatic rings. The van der Waals surface area contributed by atoms with Crippen molar-refractivity contribution < 1.29 is 13.7 Å². The van der Waals surface area contributed by atoms with Gasteiger partial charge in [0, 0.05) is 5.56 Å². The van der Waals surface area contributed by atoms with Crippen molar-refractivity contribution in [3.05, 3.63) is 41.7 Å². The van der Waals surface area contributed by atoms with Gasteiger partial charge in [-0.15, -0.1) is 19.9 Å². The highest BCUT2D eigenvalue weighted by Crippen LogP contribution is 2.39. The van der Waals surface area contributed by atoms with E-state index in [4.69, 9.17) is 4.74 Å². The van der Waals surface area contributed by atoms with Crippen molar-refractivity contribution >= 4 is 18.3 Å². The maximum Gasteiger partial charge on any atom is 0.255 e. The molecule has 1 aliphatic heterocycles. The van der Waals surface area contributed by atoms with Gasteiger partial charge in [-0.25, -0.2) is 4.39 Å². The van der Waals surface area contributed by atoms with Crippen LogP contribution in [-0.4, -0.2) is 50.9 Å². The van der Waals surface area contributed by atoms with E-state index in [-0.39, 0.29) is 17.1 Å². The van der Waals surface area contributed by atoms with Crippen molar-refractivity contribution in [3.8, 4) is 17.3 Å². The van der Waals surface area contributed by atoms with Crippen LogP contribution in [0, 0.1) is 5.82 Å². The van der Waals surface area contributed by atoms with E-state index in [1.807, 2.05) is 13.1 Å². The zero-order valence-corrected chi connectivity index (χ0v) is 16.1. The summed E-state index contributed by atoms with van der Waals surface area (Å²) in [5.41, 5.74) is 1.95. The molecule has 0 amide bonds. The fourth-order valence-corrected chi connectivity index (χ4v) is 3.89. The third kappa shape index (κ3) is 3.27. The highest BCUT2D eigenvalue weighted by molar-refractivity contribution is 5.70. The maximum absolute atomic E-state index is 14.3. The first-order chi connectivity index (χ1) is 14.1. The fourth-order valence-electron chi connectivity index (χ4n) is 3.89. The number of aliphatic imine (C=N–C) groups is 1. The zero-order chi connectivity index (χ0) is 19.8. The number of rotatable bonds is 5. The Balaban J connectivity index is 1.58. The summed E-state index contributed by atoms with van der Waals surface area (Å²) < 4.78 is 22.2. The number of nitrogens with zero attached hydrogens (tertiary/aromatic N) is 7. The molecule has 5 rings (SSSR count). The highest BCUT2D eigenvalue weighted by atomic mass is 19.1. The summed E-state index contributed by atoms with van der Waals surface area (Å²) in [5, 5.41) is 17.4. The summed E-state index contributed by atoms with van der Waals surface area (Å²) in [7, 11) is 1.89. The molecule has 0 N–H and O–H groups in total. The lowest BCUT2D eigenvalue weighted by atomic mass is 9.99. The molecule has 3 heterocycles. The number of hydrogen-bond acceptors (Lipinski definition) is 6. The smallest absolute Gasteiger partial charge is 0.255 e. The number of ether oxygens (including phenoxy) is 1. The van der Waals surface area contributed by atoms with Crippen molar-refractivity contribution in [1.82, 2.24) is 19.8 Å². The summed E-state index contributed by atoms with van der Waals surface area (Å²) in [4.78, 5) is 4.04. The third-order valence-electron chi connectivity index (χ3n) is 5.46. The minimum atomic E-state index is -0.369. The van der Waals surface area contributed by atoms with Crippen LogP contribution in [0.2, 0.25) is 0 Å². The zero-order valence-electron chi connectivity index (χ0n) is 16.1. The van der Waals surface area contributed by atoms with E-state index in [1.54, 1.807) is 29.1 Å². The molecule has 1 aliphatic carbocycles. The van der Waals surface area contributed by atoms with Crippen molar-refractivity contribution in [2.45, 2.75) is 31.6 Å². The number of aromatic nitrogens is 4. The Morgan fingerprint density at radius 1 is 1.21 bits per heavy atom. The molecular formula is C20H21FN7O+. The Morgan fingerprint density at radius 3 is 2.79 bits per heavy atom. The standard InChI is InChI=1S/C20H21FN7O/c1-28(12-22-11-23-28)13-29-20-16(14-6-2-3-7-14)10-18-24-25-19(27(18)26-20)15-8-4-5-9-17(15)21/h4-5,8-12,14H,2-3,6-7,13H2,1H3/q+1. The Morgan fingerprint density at radius 2 is 2.03 bits per heavy atom. The second-order valence-electron chi connectivity index (χ2n) is 7.64. The van der Waals surface area contributed by atoms with Gasteiger partial charge in [0.1, 0.15) is 12.9 Å². The lowest BCUT2D eigenvalue weighted by molar-refractivity contribution is -0.836. The van der Waals surface area contributed by atoms with Gasteiger partial charge in [0.15, 0.2) is 17.8 Å². The van der Waals surface area contributed by atoms with Gasteiger partial charge in [-0.3, -0.25) is 0 Å². The third-order valence-corrected chi connectivity index (χ3v) is 5.46. The first-order valence-electron chi connectivity index (χ1n) is 9.71. The lowest BCUT2D eigenvalue weighted by Crippen LogP contribution is -2.38. The SMILES string of the molecule is C[N+]1(COc2nn3c(-c4ccccc4F)nnc3cc2C2CCCC2)C=NC=N1. The average Bonchev–Trinajstić information content (AvgIpc) is 3.47. The van der Waals surface area contributed by atoms with E-state index < -0.39 is 0 Å².